The number of amides is 1. The molecule has 5 rings (SSSR count). The van der Waals surface area contributed by atoms with E-state index in [2.05, 4.69) is 27.4 Å². The number of benzene rings is 1. The fourth-order valence-electron chi connectivity index (χ4n) is 4.07. The number of ether oxygens (including phenoxy) is 1. The number of rotatable bonds is 4. The molecule has 1 aliphatic rings. The zero-order chi connectivity index (χ0) is 21.4. The zero-order valence-electron chi connectivity index (χ0n) is 17.2. The van der Waals surface area contributed by atoms with Crippen molar-refractivity contribution in [1.82, 2.24) is 24.8 Å². The molecule has 0 N–H and O–H groups in total. The lowest BCUT2D eigenvalue weighted by Crippen LogP contribution is -2.38. The Morgan fingerprint density at radius 1 is 1.23 bits per heavy atom. The van der Waals surface area contributed by atoms with Crippen molar-refractivity contribution in [3.63, 3.8) is 0 Å². The van der Waals surface area contributed by atoms with E-state index in [0.717, 1.165) is 11.1 Å². The van der Waals surface area contributed by atoms with E-state index in [1.54, 1.807) is 23.0 Å². The highest BCUT2D eigenvalue weighted by Gasteiger charge is 2.31. The van der Waals surface area contributed by atoms with Crippen LogP contribution < -0.4 is 4.74 Å². The van der Waals surface area contributed by atoms with Crippen LogP contribution in [0.4, 0.5) is 0 Å². The first kappa shape index (κ1) is 19.0. The van der Waals surface area contributed by atoms with Crippen molar-refractivity contribution in [3.05, 3.63) is 83.4 Å². The second kappa shape index (κ2) is 7.71. The van der Waals surface area contributed by atoms with Gasteiger partial charge < -0.3 is 14.2 Å². The van der Waals surface area contributed by atoms with Gasteiger partial charge in [-0.15, -0.1) is 0 Å². The maximum atomic E-state index is 13.3. The normalized spacial score (nSPS) is 15.5. The van der Waals surface area contributed by atoms with Crippen molar-refractivity contribution in [2.24, 2.45) is 7.05 Å². The number of carbonyl (C=O) groups excluding carboxylic acids is 1. The minimum absolute atomic E-state index is 0.0485. The zero-order valence-corrected chi connectivity index (χ0v) is 17.2. The molecule has 8 heteroatoms. The van der Waals surface area contributed by atoms with Crippen LogP contribution in [0.5, 0.6) is 5.88 Å². The summed E-state index contributed by atoms with van der Waals surface area (Å²) in [6.07, 6.45) is 5.49. The van der Waals surface area contributed by atoms with Crippen molar-refractivity contribution in [1.29, 1.82) is 0 Å². The summed E-state index contributed by atoms with van der Waals surface area (Å²) >= 11 is 0. The second-order valence-electron chi connectivity index (χ2n) is 7.52. The van der Waals surface area contributed by atoms with Gasteiger partial charge in [0.25, 0.3) is 5.91 Å². The van der Waals surface area contributed by atoms with E-state index in [1.807, 2.05) is 42.5 Å². The van der Waals surface area contributed by atoms with Crippen LogP contribution in [0.2, 0.25) is 0 Å². The highest BCUT2D eigenvalue weighted by Crippen LogP contribution is 2.34. The average molecular weight is 415 g/mol. The summed E-state index contributed by atoms with van der Waals surface area (Å²) in [7, 11) is 3.43. The number of nitrogens with zero attached hydrogens (tertiary/aromatic N) is 5. The first-order valence-corrected chi connectivity index (χ1v) is 9.95. The lowest BCUT2D eigenvalue weighted by Gasteiger charge is -2.34. The fraction of sp³-hybridized carbons (Fsp3) is 0.217. The van der Waals surface area contributed by atoms with Crippen molar-refractivity contribution in [3.8, 4) is 17.2 Å². The molecule has 1 aliphatic heterocycles. The van der Waals surface area contributed by atoms with E-state index in [1.165, 1.54) is 12.7 Å². The van der Waals surface area contributed by atoms with Crippen molar-refractivity contribution >= 4 is 5.91 Å². The number of hydrogen-bond acceptors (Lipinski definition) is 6. The largest absolute Gasteiger partial charge is 0.480 e. The van der Waals surface area contributed by atoms with E-state index < -0.39 is 0 Å². The van der Waals surface area contributed by atoms with Gasteiger partial charge >= 0.3 is 0 Å². The molecule has 1 amide bonds. The Hall–Kier alpha value is -3.94. The van der Waals surface area contributed by atoms with Crippen LogP contribution >= 0.6 is 0 Å². The summed E-state index contributed by atoms with van der Waals surface area (Å²) in [5.41, 5.74) is 4.32. The lowest BCUT2D eigenvalue weighted by atomic mass is 9.86. The molecular formula is C23H21N5O3. The third-order valence-corrected chi connectivity index (χ3v) is 5.57. The second-order valence-corrected chi connectivity index (χ2v) is 7.52. The number of carbonyl (C=O) groups is 1. The van der Waals surface area contributed by atoms with Gasteiger partial charge in [-0.25, -0.2) is 4.98 Å². The summed E-state index contributed by atoms with van der Waals surface area (Å²) < 4.78 is 12.5. The number of hydrogen-bond donors (Lipinski definition) is 0. The molecule has 1 aromatic carbocycles. The third kappa shape index (κ3) is 3.46. The molecule has 1 atom stereocenters. The van der Waals surface area contributed by atoms with Crippen LogP contribution in [0.25, 0.3) is 11.3 Å². The number of aromatic nitrogens is 4. The summed E-state index contributed by atoms with van der Waals surface area (Å²) in [4.78, 5) is 19.3. The minimum Gasteiger partial charge on any atom is -0.480 e. The molecular weight excluding hydrogens is 394 g/mol. The van der Waals surface area contributed by atoms with Crippen LogP contribution in [-0.4, -0.2) is 44.4 Å². The first-order chi connectivity index (χ1) is 15.1. The molecule has 0 bridgehead atoms. The molecule has 3 aromatic heterocycles. The fourth-order valence-corrected chi connectivity index (χ4v) is 4.07. The van der Waals surface area contributed by atoms with Gasteiger partial charge in [0, 0.05) is 44.5 Å². The van der Waals surface area contributed by atoms with E-state index >= 15 is 0 Å². The molecule has 31 heavy (non-hydrogen) atoms. The molecule has 4 heterocycles. The Labute approximate surface area is 179 Å². The Morgan fingerprint density at radius 2 is 2.10 bits per heavy atom. The van der Waals surface area contributed by atoms with Crippen molar-refractivity contribution < 1.29 is 14.1 Å². The van der Waals surface area contributed by atoms with Crippen LogP contribution in [0.15, 0.2) is 65.6 Å². The van der Waals surface area contributed by atoms with Gasteiger partial charge in [-0.05, 0) is 28.8 Å². The maximum absolute atomic E-state index is 13.3. The molecule has 8 nitrogen and oxygen atoms in total. The Kier molecular flexibility index (Phi) is 4.74. The Morgan fingerprint density at radius 3 is 2.90 bits per heavy atom. The summed E-state index contributed by atoms with van der Waals surface area (Å²) in [5.74, 6) is 0.726. The molecule has 0 saturated carbocycles. The predicted molar refractivity (Wildman–Crippen MR) is 113 cm³/mol. The monoisotopic (exact) mass is 415 g/mol. The van der Waals surface area contributed by atoms with Crippen LogP contribution in [-0.2, 0) is 13.6 Å². The summed E-state index contributed by atoms with van der Waals surface area (Å²) in [6, 6.07) is 13.4. The number of aryl methyl sites for hydroxylation is 1. The highest BCUT2D eigenvalue weighted by atomic mass is 16.5. The van der Waals surface area contributed by atoms with Gasteiger partial charge in [0.05, 0.1) is 18.9 Å². The first-order valence-electron chi connectivity index (χ1n) is 9.95. The molecule has 0 saturated heterocycles. The van der Waals surface area contributed by atoms with Gasteiger partial charge in [0.15, 0.2) is 11.5 Å². The standard InChI is InChI=1S/C23H21N5O3/c1-27-12-16(11-25-27)19-14-28(13-15-6-3-4-7-17(15)19)23(29)20-10-21(31-26-20)18-8-5-9-24-22(18)30-2/h3-12,19H,13-14H2,1-2H3. The van der Waals surface area contributed by atoms with Crippen molar-refractivity contribution in [2.45, 2.75) is 12.5 Å². The van der Waals surface area contributed by atoms with Crippen LogP contribution in [0, 0.1) is 0 Å². The molecule has 1 unspecified atom stereocenters. The quantitative estimate of drug-likeness (QED) is 0.509. The molecule has 0 radical (unpaired) electrons. The number of pyridine rings is 1. The van der Waals surface area contributed by atoms with E-state index in [-0.39, 0.29) is 17.5 Å². The van der Waals surface area contributed by atoms with E-state index in [0.29, 0.717) is 30.3 Å². The number of methoxy groups -OCH3 is 1. The molecule has 0 aliphatic carbocycles. The maximum Gasteiger partial charge on any atom is 0.276 e. The minimum atomic E-state index is -0.179. The molecule has 4 aromatic rings. The van der Waals surface area contributed by atoms with Gasteiger partial charge in [0.2, 0.25) is 5.88 Å². The summed E-state index contributed by atoms with van der Waals surface area (Å²) in [5, 5.41) is 8.35. The predicted octanol–water partition coefficient (Wildman–Crippen LogP) is 3.27. The van der Waals surface area contributed by atoms with Gasteiger partial charge in [-0.1, -0.05) is 29.4 Å². The lowest BCUT2D eigenvalue weighted by molar-refractivity contribution is 0.0714. The Balaban J connectivity index is 1.46. The molecule has 0 fully saturated rings. The van der Waals surface area contributed by atoms with Gasteiger partial charge in [-0.2, -0.15) is 5.10 Å². The van der Waals surface area contributed by atoms with Crippen molar-refractivity contribution in [2.75, 3.05) is 13.7 Å². The SMILES string of the molecule is COc1ncccc1-c1cc(C(=O)N2Cc3ccccc3C(c3cnn(C)c3)C2)no1. The van der Waals surface area contributed by atoms with E-state index in [9.17, 15) is 4.79 Å². The smallest absolute Gasteiger partial charge is 0.276 e. The Bertz CT molecular complexity index is 1250. The molecule has 156 valence electrons. The van der Waals surface area contributed by atoms with E-state index in [4.69, 9.17) is 9.26 Å². The van der Waals surface area contributed by atoms with Crippen LogP contribution in [0.3, 0.4) is 0 Å². The topological polar surface area (TPSA) is 86.3 Å². The van der Waals surface area contributed by atoms with Gasteiger partial charge in [-0.3, -0.25) is 9.48 Å². The molecule has 0 spiro atoms. The average Bonchev–Trinajstić information content (AvgIpc) is 3.47. The third-order valence-electron chi connectivity index (χ3n) is 5.57. The van der Waals surface area contributed by atoms with Gasteiger partial charge in [0.1, 0.15) is 0 Å². The number of fused-ring (bicyclic) bond motifs is 1. The van der Waals surface area contributed by atoms with Crippen LogP contribution in [0.1, 0.15) is 33.1 Å². The summed E-state index contributed by atoms with van der Waals surface area (Å²) in [6.45, 7) is 1.06. The highest BCUT2D eigenvalue weighted by molar-refractivity contribution is 5.93.